The van der Waals surface area contributed by atoms with Crippen molar-refractivity contribution in [3.05, 3.63) is 47.1 Å². The van der Waals surface area contributed by atoms with Crippen LogP contribution in [-0.4, -0.2) is 59.4 Å². The maximum atomic E-state index is 13.7. The van der Waals surface area contributed by atoms with Crippen molar-refractivity contribution in [2.45, 2.75) is 20.3 Å². The van der Waals surface area contributed by atoms with Gasteiger partial charge >= 0.3 is 6.03 Å². The highest BCUT2D eigenvalue weighted by Gasteiger charge is 2.50. The van der Waals surface area contributed by atoms with E-state index in [0.717, 1.165) is 39.1 Å². The number of hydrogen-bond donors (Lipinski definition) is 1. The first-order chi connectivity index (χ1) is 14.8. The van der Waals surface area contributed by atoms with E-state index in [0.29, 0.717) is 33.7 Å². The van der Waals surface area contributed by atoms with Crippen molar-refractivity contribution in [2.75, 3.05) is 42.9 Å². The molecule has 1 spiro atoms. The Morgan fingerprint density at radius 1 is 1.26 bits per heavy atom. The summed E-state index contributed by atoms with van der Waals surface area (Å²) in [7, 11) is 0. The molecule has 0 bridgehead atoms. The van der Waals surface area contributed by atoms with Crippen LogP contribution >= 0.6 is 11.6 Å². The minimum atomic E-state index is -0.281. The Morgan fingerprint density at radius 3 is 2.84 bits per heavy atom. The summed E-state index contributed by atoms with van der Waals surface area (Å²) in [5.74, 6) is 0.769. The molecule has 0 aliphatic carbocycles. The number of pyridine rings is 1. The smallest absolute Gasteiger partial charge is 0.323 e. The van der Waals surface area contributed by atoms with Crippen LogP contribution in [0.15, 0.2) is 36.5 Å². The lowest BCUT2D eigenvalue weighted by Gasteiger charge is -2.49. The minimum Gasteiger partial charge on any atom is -0.323 e. The highest BCUT2D eigenvalue weighted by Crippen LogP contribution is 2.43. The van der Waals surface area contributed by atoms with Crippen molar-refractivity contribution in [3.8, 4) is 0 Å². The summed E-state index contributed by atoms with van der Waals surface area (Å²) in [6, 6.07) is 8.29. The zero-order chi connectivity index (χ0) is 21.8. The lowest BCUT2D eigenvalue weighted by molar-refractivity contribution is 0.0415. The van der Waals surface area contributed by atoms with E-state index in [2.05, 4.69) is 29.0 Å². The Labute approximate surface area is 187 Å². The van der Waals surface area contributed by atoms with Crippen molar-refractivity contribution >= 4 is 40.7 Å². The molecule has 162 valence electrons. The number of anilines is 3. The van der Waals surface area contributed by atoms with Gasteiger partial charge < -0.3 is 15.1 Å². The second-order valence-electron chi connectivity index (χ2n) is 9.34. The fourth-order valence-electron chi connectivity index (χ4n) is 5.05. The van der Waals surface area contributed by atoms with E-state index >= 15 is 0 Å². The van der Waals surface area contributed by atoms with Gasteiger partial charge in [0.05, 0.1) is 16.9 Å². The lowest BCUT2D eigenvalue weighted by atomic mass is 9.79. The van der Waals surface area contributed by atoms with E-state index in [1.165, 1.54) is 4.90 Å². The number of rotatable bonds is 2. The van der Waals surface area contributed by atoms with E-state index in [-0.39, 0.29) is 17.4 Å². The average Bonchev–Trinajstić information content (AvgIpc) is 3.06. The van der Waals surface area contributed by atoms with Crippen LogP contribution in [0, 0.1) is 11.3 Å². The molecule has 1 aromatic heterocycles. The molecule has 2 fully saturated rings. The lowest BCUT2D eigenvalue weighted by Crippen LogP contribution is -2.62. The van der Waals surface area contributed by atoms with Gasteiger partial charge in [-0.1, -0.05) is 25.4 Å². The second kappa shape index (κ2) is 7.50. The fraction of sp³-hybridized carbons (Fsp3) is 0.435. The number of likely N-dealkylation sites (tertiary alicyclic amines) is 2. The largest absolute Gasteiger partial charge is 0.330 e. The molecule has 3 amide bonds. The van der Waals surface area contributed by atoms with Crippen LogP contribution in [-0.2, 0) is 0 Å². The predicted molar refractivity (Wildman–Crippen MR) is 121 cm³/mol. The maximum Gasteiger partial charge on any atom is 0.330 e. The number of carbonyl (C=O) groups excluding carboxylic acids is 2. The summed E-state index contributed by atoms with van der Waals surface area (Å²) >= 11 is 6.25. The number of amides is 3. The van der Waals surface area contributed by atoms with E-state index in [4.69, 9.17) is 11.6 Å². The molecule has 3 aliphatic heterocycles. The first-order valence-corrected chi connectivity index (χ1v) is 11.1. The number of benzene rings is 1. The molecule has 31 heavy (non-hydrogen) atoms. The quantitative estimate of drug-likeness (QED) is 0.760. The third-order valence-corrected chi connectivity index (χ3v) is 6.58. The number of nitrogens with one attached hydrogen (secondary N) is 1. The normalized spacial score (nSPS) is 19.7. The Balaban J connectivity index is 1.44. The highest BCUT2D eigenvalue weighted by atomic mass is 35.5. The Bertz CT molecular complexity index is 1050. The summed E-state index contributed by atoms with van der Waals surface area (Å²) in [5, 5.41) is 3.33. The standard InChI is InChI=1S/C23H26ClN5O2/c1-15(2)11-27-9-7-23(12-27)13-28(14-23)22(31)29-19-10-16(24)5-6-17(19)21(30)26-18-4-3-8-25-20(18)29/h3-6,8,10,15H,7,9,11-14H2,1-2H3,(H,26,30). The van der Waals surface area contributed by atoms with Crippen LogP contribution in [0.5, 0.6) is 0 Å². The number of aromatic nitrogens is 1. The number of urea groups is 1. The molecule has 2 aromatic rings. The third-order valence-electron chi connectivity index (χ3n) is 6.35. The highest BCUT2D eigenvalue weighted by molar-refractivity contribution is 6.31. The second-order valence-corrected chi connectivity index (χ2v) is 9.78. The fourth-order valence-corrected chi connectivity index (χ4v) is 5.22. The summed E-state index contributed by atoms with van der Waals surface area (Å²) < 4.78 is 0. The van der Waals surface area contributed by atoms with E-state index < -0.39 is 0 Å². The molecule has 1 aromatic carbocycles. The molecule has 7 nitrogen and oxygen atoms in total. The molecule has 3 aliphatic rings. The zero-order valence-electron chi connectivity index (χ0n) is 17.8. The number of halogens is 1. The van der Waals surface area contributed by atoms with Gasteiger partial charge in [0.25, 0.3) is 5.91 Å². The monoisotopic (exact) mass is 439 g/mol. The van der Waals surface area contributed by atoms with Crippen LogP contribution in [0.25, 0.3) is 0 Å². The van der Waals surface area contributed by atoms with Crippen LogP contribution < -0.4 is 10.2 Å². The van der Waals surface area contributed by atoms with E-state index in [9.17, 15) is 9.59 Å². The van der Waals surface area contributed by atoms with Crippen molar-refractivity contribution < 1.29 is 9.59 Å². The van der Waals surface area contributed by atoms with Crippen molar-refractivity contribution in [2.24, 2.45) is 11.3 Å². The molecule has 1 N–H and O–H groups in total. The summed E-state index contributed by atoms with van der Waals surface area (Å²) in [6.45, 7) is 9.13. The molecule has 0 radical (unpaired) electrons. The summed E-state index contributed by atoms with van der Waals surface area (Å²) in [4.78, 5) is 36.8. The number of carbonyl (C=O) groups is 2. The topological polar surface area (TPSA) is 68.8 Å². The summed E-state index contributed by atoms with van der Waals surface area (Å²) in [5.41, 5.74) is 1.54. The van der Waals surface area contributed by atoms with Crippen molar-refractivity contribution in [1.29, 1.82) is 0 Å². The van der Waals surface area contributed by atoms with E-state index in [1.807, 2.05) is 4.90 Å². The van der Waals surface area contributed by atoms with Gasteiger partial charge in [-0.3, -0.25) is 4.79 Å². The molecule has 0 atom stereocenters. The Morgan fingerprint density at radius 2 is 2.06 bits per heavy atom. The van der Waals surface area contributed by atoms with Gasteiger partial charge in [0.15, 0.2) is 5.82 Å². The molecule has 0 saturated carbocycles. The van der Waals surface area contributed by atoms with Gasteiger partial charge in [0.2, 0.25) is 0 Å². The molecule has 0 unspecified atom stereocenters. The minimum absolute atomic E-state index is 0.173. The van der Waals surface area contributed by atoms with Crippen LogP contribution in [0.3, 0.4) is 0 Å². The van der Waals surface area contributed by atoms with Crippen molar-refractivity contribution in [1.82, 2.24) is 14.8 Å². The first-order valence-electron chi connectivity index (χ1n) is 10.7. The zero-order valence-corrected chi connectivity index (χ0v) is 18.5. The number of nitrogens with zero attached hydrogens (tertiary/aromatic N) is 4. The van der Waals surface area contributed by atoms with Crippen molar-refractivity contribution in [3.63, 3.8) is 0 Å². The van der Waals surface area contributed by atoms with Gasteiger partial charge in [-0.25, -0.2) is 14.7 Å². The third kappa shape index (κ3) is 3.55. The van der Waals surface area contributed by atoms with Gasteiger partial charge in [-0.05, 0) is 49.2 Å². The predicted octanol–water partition coefficient (Wildman–Crippen LogP) is 4.22. The van der Waals surface area contributed by atoms with Gasteiger partial charge in [-0.2, -0.15) is 0 Å². The maximum absolute atomic E-state index is 13.7. The molecule has 5 rings (SSSR count). The molecule has 4 heterocycles. The summed E-state index contributed by atoms with van der Waals surface area (Å²) in [6.07, 6.45) is 2.74. The molecular formula is C23H26ClN5O2. The number of fused-ring (bicyclic) bond motifs is 2. The first kappa shape index (κ1) is 20.3. The Kier molecular flexibility index (Phi) is 4.90. The van der Waals surface area contributed by atoms with Gasteiger partial charge in [0, 0.05) is 42.8 Å². The SMILES string of the molecule is CC(C)CN1CCC2(C1)CN(C(=O)N1c3cc(Cl)ccc3C(=O)Nc3cccnc31)C2. The average molecular weight is 440 g/mol. The molecule has 8 heteroatoms. The Hall–Kier alpha value is -2.64. The van der Waals surface area contributed by atoms with Gasteiger partial charge in [-0.15, -0.1) is 0 Å². The van der Waals surface area contributed by atoms with E-state index in [1.54, 1.807) is 36.5 Å². The van der Waals surface area contributed by atoms with Crippen LogP contribution in [0.1, 0.15) is 30.6 Å². The van der Waals surface area contributed by atoms with Crippen LogP contribution in [0.2, 0.25) is 5.02 Å². The molecular weight excluding hydrogens is 414 g/mol. The number of hydrogen-bond acceptors (Lipinski definition) is 4. The van der Waals surface area contributed by atoms with Gasteiger partial charge in [0.1, 0.15) is 0 Å². The van der Waals surface area contributed by atoms with Crippen LogP contribution in [0.4, 0.5) is 22.0 Å². The molecule has 2 saturated heterocycles.